The number of carbonyl (C=O) groups is 1. The smallest absolute Gasteiger partial charge is 0.412 e. The lowest BCUT2D eigenvalue weighted by atomic mass is 9.78. The number of amides is 1. The average Bonchev–Trinajstić information content (AvgIpc) is 3.13. The summed E-state index contributed by atoms with van der Waals surface area (Å²) in [4.78, 5) is 19.4. The quantitative estimate of drug-likeness (QED) is 0.706. The van der Waals surface area contributed by atoms with E-state index in [1.807, 2.05) is 30.5 Å². The molecule has 1 N–H and O–H groups in total. The van der Waals surface area contributed by atoms with Crippen LogP contribution in [0.3, 0.4) is 0 Å². The first-order valence-corrected chi connectivity index (χ1v) is 10.7. The summed E-state index contributed by atoms with van der Waals surface area (Å²) in [6, 6.07) is 14.4. The normalized spacial score (nSPS) is 26.3. The van der Waals surface area contributed by atoms with Gasteiger partial charge in [0.2, 0.25) is 0 Å². The Morgan fingerprint density at radius 1 is 1.21 bits per heavy atom. The van der Waals surface area contributed by atoms with Crippen molar-refractivity contribution >= 4 is 32.5 Å². The maximum absolute atomic E-state index is 12.7. The molecule has 2 unspecified atom stereocenters. The first kappa shape index (κ1) is 17.6. The molecule has 1 amide bonds. The summed E-state index contributed by atoms with van der Waals surface area (Å²) in [5.74, 6) is 0.444. The van der Waals surface area contributed by atoms with Crippen molar-refractivity contribution < 1.29 is 9.53 Å². The molecule has 2 atom stereocenters. The zero-order chi connectivity index (χ0) is 18.9. The van der Waals surface area contributed by atoms with Gasteiger partial charge in [0.05, 0.1) is 11.0 Å². The van der Waals surface area contributed by atoms with Gasteiger partial charge in [0.15, 0.2) is 0 Å². The molecule has 3 aliphatic rings. The average molecular weight is 394 g/mol. The fourth-order valence-electron chi connectivity index (χ4n) is 4.58. The summed E-state index contributed by atoms with van der Waals surface area (Å²) in [5, 5.41) is 4.92. The molecule has 2 aromatic heterocycles. The SMILES string of the molecule is O=C(Nc1cc2ccccc2s1)OC1C2CCN(CC2)C1Cc1cccnc1. The largest absolute Gasteiger partial charge is 0.444 e. The second-order valence-electron chi connectivity index (χ2n) is 7.65. The number of nitrogens with zero attached hydrogens (tertiary/aromatic N) is 2. The molecule has 5 heterocycles. The monoisotopic (exact) mass is 393 g/mol. The van der Waals surface area contributed by atoms with E-state index < -0.39 is 0 Å². The van der Waals surface area contributed by atoms with Crippen LogP contribution in [0.25, 0.3) is 10.1 Å². The molecule has 0 saturated carbocycles. The van der Waals surface area contributed by atoms with E-state index in [0.717, 1.165) is 47.4 Å². The minimum absolute atomic E-state index is 0.0721. The molecule has 1 aromatic carbocycles. The van der Waals surface area contributed by atoms with Gasteiger partial charge in [-0.2, -0.15) is 0 Å². The number of hydrogen-bond donors (Lipinski definition) is 1. The number of carbonyl (C=O) groups excluding carboxylic acids is 1. The van der Waals surface area contributed by atoms with E-state index in [9.17, 15) is 4.79 Å². The molecule has 5 nitrogen and oxygen atoms in total. The van der Waals surface area contributed by atoms with E-state index in [-0.39, 0.29) is 18.2 Å². The van der Waals surface area contributed by atoms with Gasteiger partial charge < -0.3 is 4.74 Å². The minimum atomic E-state index is -0.346. The lowest BCUT2D eigenvalue weighted by Gasteiger charge is -2.50. The van der Waals surface area contributed by atoms with Crippen LogP contribution in [-0.4, -0.2) is 41.2 Å². The number of aromatic nitrogens is 1. The second kappa shape index (κ2) is 7.53. The van der Waals surface area contributed by atoms with E-state index in [2.05, 4.69) is 33.4 Å². The molecule has 6 rings (SSSR count). The summed E-state index contributed by atoms with van der Waals surface area (Å²) in [6.45, 7) is 2.18. The van der Waals surface area contributed by atoms with Gasteiger partial charge in [0.1, 0.15) is 6.10 Å². The Morgan fingerprint density at radius 3 is 2.86 bits per heavy atom. The highest BCUT2D eigenvalue weighted by Gasteiger charge is 2.44. The molecule has 0 spiro atoms. The molecule has 28 heavy (non-hydrogen) atoms. The third kappa shape index (κ3) is 3.50. The van der Waals surface area contributed by atoms with Crippen molar-refractivity contribution in [2.75, 3.05) is 18.4 Å². The molecule has 3 aromatic rings. The van der Waals surface area contributed by atoms with Gasteiger partial charge in [0.25, 0.3) is 0 Å². The van der Waals surface area contributed by atoms with E-state index >= 15 is 0 Å². The summed E-state index contributed by atoms with van der Waals surface area (Å²) >= 11 is 1.58. The maximum Gasteiger partial charge on any atom is 0.412 e. The number of piperidine rings is 3. The van der Waals surface area contributed by atoms with Crippen LogP contribution in [0.15, 0.2) is 54.9 Å². The van der Waals surface area contributed by atoms with Crippen molar-refractivity contribution in [2.24, 2.45) is 5.92 Å². The highest BCUT2D eigenvalue weighted by atomic mass is 32.1. The number of thiophene rings is 1. The highest BCUT2D eigenvalue weighted by molar-refractivity contribution is 7.22. The standard InChI is InChI=1S/C22H23N3O2S/c26-22(24-20-13-17-5-1-2-6-19(17)28-20)27-21-16-7-10-25(11-8-16)18(21)12-15-4-3-9-23-14-15/h1-6,9,13-14,16,18,21H,7-8,10-12H2,(H,24,26). The number of rotatable bonds is 4. The second-order valence-corrected chi connectivity index (χ2v) is 8.73. The number of anilines is 1. The topological polar surface area (TPSA) is 54.5 Å². The Hall–Kier alpha value is -2.44. The molecule has 6 heteroatoms. The van der Waals surface area contributed by atoms with Gasteiger partial charge in [-0.1, -0.05) is 24.3 Å². The number of pyridine rings is 1. The van der Waals surface area contributed by atoms with Crippen molar-refractivity contribution in [1.82, 2.24) is 9.88 Å². The van der Waals surface area contributed by atoms with E-state index in [1.165, 1.54) is 5.56 Å². The zero-order valence-electron chi connectivity index (χ0n) is 15.6. The molecule has 3 saturated heterocycles. The van der Waals surface area contributed by atoms with Crippen LogP contribution in [0.1, 0.15) is 18.4 Å². The molecule has 144 valence electrons. The zero-order valence-corrected chi connectivity index (χ0v) is 16.4. The molecular weight excluding hydrogens is 370 g/mol. The van der Waals surface area contributed by atoms with E-state index in [1.54, 1.807) is 17.5 Å². The first-order valence-electron chi connectivity index (χ1n) is 9.85. The van der Waals surface area contributed by atoms with Crippen molar-refractivity contribution in [3.8, 4) is 0 Å². The predicted molar refractivity (Wildman–Crippen MR) is 112 cm³/mol. The number of ether oxygens (including phenoxy) is 1. The fourth-order valence-corrected chi connectivity index (χ4v) is 5.53. The third-order valence-corrected chi connectivity index (χ3v) is 6.98. The molecule has 3 fully saturated rings. The van der Waals surface area contributed by atoms with Gasteiger partial charge in [-0.15, -0.1) is 11.3 Å². The van der Waals surface area contributed by atoms with Gasteiger partial charge in [-0.25, -0.2) is 4.79 Å². The molecule has 2 bridgehead atoms. The predicted octanol–water partition coefficient (Wildman–Crippen LogP) is 4.55. The van der Waals surface area contributed by atoms with Crippen molar-refractivity contribution in [3.63, 3.8) is 0 Å². The van der Waals surface area contributed by atoms with Crippen LogP contribution < -0.4 is 5.32 Å². The molecule has 0 radical (unpaired) electrons. The Labute approximate surface area is 168 Å². The molecule has 0 aliphatic carbocycles. The number of benzene rings is 1. The number of fused-ring (bicyclic) bond motifs is 4. The minimum Gasteiger partial charge on any atom is -0.444 e. The van der Waals surface area contributed by atoms with Crippen LogP contribution in [0.4, 0.5) is 9.80 Å². The first-order chi connectivity index (χ1) is 13.8. The highest BCUT2D eigenvalue weighted by Crippen LogP contribution is 2.36. The Morgan fingerprint density at radius 2 is 2.07 bits per heavy atom. The maximum atomic E-state index is 12.7. The van der Waals surface area contributed by atoms with Gasteiger partial charge in [-0.05, 0) is 61.5 Å². The van der Waals surface area contributed by atoms with Crippen molar-refractivity contribution in [1.29, 1.82) is 0 Å². The van der Waals surface area contributed by atoms with Crippen LogP contribution in [-0.2, 0) is 11.2 Å². The number of hydrogen-bond acceptors (Lipinski definition) is 5. The van der Waals surface area contributed by atoms with Crippen LogP contribution >= 0.6 is 11.3 Å². The third-order valence-electron chi connectivity index (χ3n) is 5.95. The number of nitrogens with one attached hydrogen (secondary N) is 1. The lowest BCUT2D eigenvalue weighted by Crippen LogP contribution is -2.60. The van der Waals surface area contributed by atoms with Gasteiger partial charge >= 0.3 is 6.09 Å². The van der Waals surface area contributed by atoms with Crippen LogP contribution in [0.5, 0.6) is 0 Å². The Kier molecular flexibility index (Phi) is 4.74. The van der Waals surface area contributed by atoms with Crippen molar-refractivity contribution in [2.45, 2.75) is 31.4 Å². The summed E-state index contributed by atoms with van der Waals surface area (Å²) in [7, 11) is 0. The molecule has 3 aliphatic heterocycles. The van der Waals surface area contributed by atoms with Crippen LogP contribution in [0, 0.1) is 5.92 Å². The van der Waals surface area contributed by atoms with Gasteiger partial charge in [-0.3, -0.25) is 15.2 Å². The summed E-state index contributed by atoms with van der Waals surface area (Å²) < 4.78 is 7.17. The fraction of sp³-hybridized carbons (Fsp3) is 0.364. The lowest BCUT2D eigenvalue weighted by molar-refractivity contribution is -0.0741. The van der Waals surface area contributed by atoms with E-state index in [0.29, 0.717) is 5.92 Å². The van der Waals surface area contributed by atoms with E-state index in [4.69, 9.17) is 4.74 Å². The summed E-state index contributed by atoms with van der Waals surface area (Å²) in [5.41, 5.74) is 1.19. The Balaban J connectivity index is 1.30. The van der Waals surface area contributed by atoms with Crippen LogP contribution in [0.2, 0.25) is 0 Å². The summed E-state index contributed by atoms with van der Waals surface area (Å²) in [6.07, 6.45) is 6.36. The molecular formula is C22H23N3O2S. The van der Waals surface area contributed by atoms with Crippen molar-refractivity contribution in [3.05, 3.63) is 60.4 Å². The Bertz CT molecular complexity index is 933. The van der Waals surface area contributed by atoms with Gasteiger partial charge in [0, 0.05) is 23.0 Å².